The fourth-order valence-corrected chi connectivity index (χ4v) is 4.73. The maximum absolute atomic E-state index is 12.7. The summed E-state index contributed by atoms with van der Waals surface area (Å²) in [6, 6.07) is 7.70. The van der Waals surface area contributed by atoms with Gasteiger partial charge in [0.15, 0.2) is 0 Å². The molecule has 2 heterocycles. The Labute approximate surface area is 151 Å². The van der Waals surface area contributed by atoms with Gasteiger partial charge in [0, 0.05) is 44.8 Å². The van der Waals surface area contributed by atoms with Gasteiger partial charge in [0.05, 0.1) is 6.33 Å². The molecule has 1 fully saturated rings. The third-order valence-electron chi connectivity index (χ3n) is 4.05. The summed E-state index contributed by atoms with van der Waals surface area (Å²) >= 11 is 12.0. The van der Waals surface area contributed by atoms with E-state index in [9.17, 15) is 8.42 Å². The van der Waals surface area contributed by atoms with Crippen molar-refractivity contribution in [1.82, 2.24) is 18.8 Å². The van der Waals surface area contributed by atoms with E-state index in [4.69, 9.17) is 23.2 Å². The molecular formula is C15H18Cl2N4O2S. The van der Waals surface area contributed by atoms with E-state index in [0.717, 1.165) is 12.1 Å². The van der Waals surface area contributed by atoms with Crippen LogP contribution in [0.3, 0.4) is 0 Å². The number of halogens is 2. The van der Waals surface area contributed by atoms with E-state index in [0.29, 0.717) is 31.2 Å². The first-order chi connectivity index (χ1) is 11.4. The van der Waals surface area contributed by atoms with Crippen LogP contribution in [-0.4, -0.2) is 53.4 Å². The van der Waals surface area contributed by atoms with Gasteiger partial charge in [-0.1, -0.05) is 35.3 Å². The zero-order chi connectivity index (χ0) is 17.3. The number of rotatable bonds is 4. The number of benzene rings is 1. The molecule has 1 aromatic carbocycles. The van der Waals surface area contributed by atoms with Crippen LogP contribution in [0.25, 0.3) is 0 Å². The number of imidazole rings is 1. The average molecular weight is 389 g/mol. The minimum absolute atomic E-state index is 0.0741. The Morgan fingerprint density at radius 3 is 2.46 bits per heavy atom. The van der Waals surface area contributed by atoms with Crippen LogP contribution in [0.15, 0.2) is 35.6 Å². The van der Waals surface area contributed by atoms with E-state index in [1.807, 2.05) is 24.3 Å². The van der Waals surface area contributed by atoms with Gasteiger partial charge in [0.1, 0.15) is 5.15 Å². The molecule has 2 aromatic rings. The summed E-state index contributed by atoms with van der Waals surface area (Å²) in [5.41, 5.74) is 1.12. The number of aryl methyl sites for hydroxylation is 1. The van der Waals surface area contributed by atoms with Gasteiger partial charge in [0.25, 0.3) is 10.0 Å². The highest BCUT2D eigenvalue weighted by atomic mass is 35.5. The molecule has 3 rings (SSSR count). The average Bonchev–Trinajstić information content (AvgIpc) is 2.88. The van der Waals surface area contributed by atoms with Crippen LogP contribution in [0.5, 0.6) is 0 Å². The van der Waals surface area contributed by atoms with Crippen LogP contribution in [0.2, 0.25) is 10.2 Å². The van der Waals surface area contributed by atoms with Gasteiger partial charge in [-0.2, -0.15) is 4.31 Å². The Bertz CT molecular complexity index is 830. The molecule has 0 aliphatic carbocycles. The predicted octanol–water partition coefficient (Wildman–Crippen LogP) is 2.23. The van der Waals surface area contributed by atoms with Gasteiger partial charge in [-0.3, -0.25) is 4.90 Å². The lowest BCUT2D eigenvalue weighted by Crippen LogP contribution is -2.48. The van der Waals surface area contributed by atoms with Crippen LogP contribution in [0.4, 0.5) is 0 Å². The lowest BCUT2D eigenvalue weighted by molar-refractivity contribution is 0.181. The third-order valence-corrected chi connectivity index (χ3v) is 6.67. The molecule has 0 atom stereocenters. The summed E-state index contributed by atoms with van der Waals surface area (Å²) < 4.78 is 28.3. The Morgan fingerprint density at radius 2 is 1.88 bits per heavy atom. The van der Waals surface area contributed by atoms with Crippen LogP contribution >= 0.6 is 23.2 Å². The van der Waals surface area contributed by atoms with Gasteiger partial charge in [0.2, 0.25) is 5.03 Å². The monoisotopic (exact) mass is 388 g/mol. The van der Waals surface area contributed by atoms with Gasteiger partial charge >= 0.3 is 0 Å². The Morgan fingerprint density at radius 1 is 1.17 bits per heavy atom. The molecule has 0 spiro atoms. The van der Waals surface area contributed by atoms with Crippen molar-refractivity contribution in [3.8, 4) is 0 Å². The molecule has 0 radical (unpaired) electrons. The van der Waals surface area contributed by atoms with Crippen molar-refractivity contribution in [1.29, 1.82) is 0 Å². The van der Waals surface area contributed by atoms with E-state index < -0.39 is 10.0 Å². The molecule has 0 N–H and O–H groups in total. The molecule has 0 saturated carbocycles. The summed E-state index contributed by atoms with van der Waals surface area (Å²) in [6.07, 6.45) is 1.41. The Hall–Kier alpha value is -1.12. The molecule has 130 valence electrons. The highest BCUT2D eigenvalue weighted by Gasteiger charge is 2.32. The van der Waals surface area contributed by atoms with Crippen molar-refractivity contribution in [3.05, 3.63) is 46.3 Å². The van der Waals surface area contributed by atoms with Crippen molar-refractivity contribution < 1.29 is 8.42 Å². The van der Waals surface area contributed by atoms with Crippen LogP contribution < -0.4 is 0 Å². The number of aromatic nitrogens is 2. The molecule has 0 amide bonds. The summed E-state index contributed by atoms with van der Waals surface area (Å²) in [4.78, 5) is 6.14. The fraction of sp³-hybridized carbons (Fsp3) is 0.400. The van der Waals surface area contributed by atoms with Crippen molar-refractivity contribution in [2.75, 3.05) is 26.2 Å². The van der Waals surface area contributed by atoms with Crippen LogP contribution in [-0.2, 0) is 23.6 Å². The van der Waals surface area contributed by atoms with Gasteiger partial charge in [-0.15, -0.1) is 0 Å². The highest BCUT2D eigenvalue weighted by Crippen LogP contribution is 2.24. The molecule has 1 aliphatic heterocycles. The highest BCUT2D eigenvalue weighted by molar-refractivity contribution is 7.89. The van der Waals surface area contributed by atoms with Crippen molar-refractivity contribution in [3.63, 3.8) is 0 Å². The number of hydrogen-bond acceptors (Lipinski definition) is 4. The van der Waals surface area contributed by atoms with E-state index in [2.05, 4.69) is 9.88 Å². The minimum Gasteiger partial charge on any atom is -0.324 e. The van der Waals surface area contributed by atoms with Crippen LogP contribution in [0.1, 0.15) is 5.56 Å². The first-order valence-electron chi connectivity index (χ1n) is 7.51. The predicted molar refractivity (Wildman–Crippen MR) is 93.7 cm³/mol. The maximum atomic E-state index is 12.7. The molecule has 0 bridgehead atoms. The molecule has 9 heteroatoms. The zero-order valence-electron chi connectivity index (χ0n) is 13.2. The summed E-state index contributed by atoms with van der Waals surface area (Å²) in [6.45, 7) is 2.87. The minimum atomic E-state index is -3.65. The second kappa shape index (κ2) is 7.01. The lowest BCUT2D eigenvalue weighted by atomic mass is 10.2. The summed E-state index contributed by atoms with van der Waals surface area (Å²) in [7, 11) is -1.99. The fourth-order valence-electron chi connectivity index (χ4n) is 2.71. The van der Waals surface area contributed by atoms with Crippen molar-refractivity contribution >= 4 is 33.2 Å². The number of sulfonamides is 1. The molecule has 6 nitrogen and oxygen atoms in total. The topological polar surface area (TPSA) is 58.4 Å². The first-order valence-corrected chi connectivity index (χ1v) is 9.71. The second-order valence-electron chi connectivity index (χ2n) is 5.76. The normalized spacial score (nSPS) is 17.3. The van der Waals surface area contributed by atoms with Gasteiger partial charge in [-0.05, 0) is 17.7 Å². The van der Waals surface area contributed by atoms with E-state index >= 15 is 0 Å². The quantitative estimate of drug-likeness (QED) is 0.805. The Kier molecular flexibility index (Phi) is 5.17. The zero-order valence-corrected chi connectivity index (χ0v) is 15.5. The van der Waals surface area contributed by atoms with E-state index in [1.165, 1.54) is 15.2 Å². The van der Waals surface area contributed by atoms with E-state index in [1.54, 1.807) is 7.05 Å². The smallest absolute Gasteiger partial charge is 0.263 e. The molecule has 0 unspecified atom stereocenters. The summed E-state index contributed by atoms with van der Waals surface area (Å²) in [5.74, 6) is 0. The molecule has 1 aromatic heterocycles. The third kappa shape index (κ3) is 3.60. The van der Waals surface area contributed by atoms with Crippen LogP contribution in [0, 0.1) is 0 Å². The van der Waals surface area contributed by atoms with Crippen molar-refractivity contribution in [2.45, 2.75) is 11.6 Å². The first kappa shape index (κ1) is 17.7. The Balaban J connectivity index is 1.65. The number of piperazine rings is 1. The molecule has 1 aliphatic rings. The van der Waals surface area contributed by atoms with Gasteiger partial charge < -0.3 is 4.57 Å². The largest absolute Gasteiger partial charge is 0.324 e. The number of hydrogen-bond donors (Lipinski definition) is 0. The summed E-state index contributed by atoms with van der Waals surface area (Å²) in [5, 5.41) is 0.768. The lowest BCUT2D eigenvalue weighted by Gasteiger charge is -2.33. The SMILES string of the molecule is Cn1cnc(S(=O)(=O)N2CCN(Cc3cccc(Cl)c3)CC2)c1Cl. The maximum Gasteiger partial charge on any atom is 0.263 e. The standard InChI is InChI=1S/C15H18Cl2N4O2S/c1-19-11-18-15(14(19)17)24(22,23)21-7-5-20(6-8-21)10-12-3-2-4-13(16)9-12/h2-4,9,11H,5-8,10H2,1H3. The second-order valence-corrected chi connectivity index (χ2v) is 8.41. The molecular weight excluding hydrogens is 371 g/mol. The van der Waals surface area contributed by atoms with E-state index in [-0.39, 0.29) is 10.2 Å². The van der Waals surface area contributed by atoms with Crippen molar-refractivity contribution in [2.24, 2.45) is 7.05 Å². The number of nitrogens with zero attached hydrogens (tertiary/aromatic N) is 4. The van der Waals surface area contributed by atoms with Gasteiger partial charge in [-0.25, -0.2) is 13.4 Å². The molecule has 24 heavy (non-hydrogen) atoms. The molecule has 1 saturated heterocycles.